The van der Waals surface area contributed by atoms with E-state index in [9.17, 15) is 9.59 Å². The van der Waals surface area contributed by atoms with Crippen LogP contribution in [0.2, 0.25) is 0 Å². The summed E-state index contributed by atoms with van der Waals surface area (Å²) in [4.78, 5) is 29.4. The number of rotatable bonds is 10. The van der Waals surface area contributed by atoms with Gasteiger partial charge in [-0.3, -0.25) is 9.59 Å². The van der Waals surface area contributed by atoms with Crippen LogP contribution in [0, 0.1) is 28.6 Å². The standard InChI is InChI=1S/C31H44N2O4/c1-4-5-6-7-8-9-13-32-28(34)31-16-20-14-21(17-31)25(22(15-20)18-31)33-27(30(2,3)29(33)35)23-11-10-12-24-26(23)37-19-36-24/h10-12,20-22,25,27H,4-9,13-19H2,1-3H3,(H,32,34)/t20?,21-,22?,25?,27?,31?/m0/s1. The third kappa shape index (κ3) is 4.04. The molecule has 4 aliphatic carbocycles. The fraction of sp³-hybridized carbons (Fsp3) is 0.742. The second-order valence-corrected chi connectivity index (χ2v) is 13.2. The average molecular weight is 509 g/mol. The van der Waals surface area contributed by atoms with E-state index in [2.05, 4.69) is 37.1 Å². The number of nitrogens with zero attached hydrogens (tertiary/aromatic N) is 1. The molecule has 2 aliphatic heterocycles. The Balaban J connectivity index is 1.16. The fourth-order valence-electron chi connectivity index (χ4n) is 8.89. The highest BCUT2D eigenvalue weighted by atomic mass is 16.7. The van der Waals surface area contributed by atoms with Crippen LogP contribution in [-0.4, -0.2) is 36.1 Å². The minimum atomic E-state index is -0.470. The molecule has 6 aliphatic rings. The monoisotopic (exact) mass is 508 g/mol. The minimum absolute atomic E-state index is 0.0170. The largest absolute Gasteiger partial charge is 0.454 e. The first-order valence-electron chi connectivity index (χ1n) is 14.9. The predicted molar refractivity (Wildman–Crippen MR) is 142 cm³/mol. The maximum atomic E-state index is 13.6. The first kappa shape index (κ1) is 25.1. The number of unbranched alkanes of at least 4 members (excludes halogenated alkanes) is 5. The highest BCUT2D eigenvalue weighted by molar-refractivity contribution is 5.91. The summed E-state index contributed by atoms with van der Waals surface area (Å²) in [6, 6.07) is 6.27. The molecule has 7 rings (SSSR count). The van der Waals surface area contributed by atoms with Gasteiger partial charge in [-0.2, -0.15) is 0 Å². The van der Waals surface area contributed by atoms with Gasteiger partial charge in [-0.1, -0.05) is 51.2 Å². The summed E-state index contributed by atoms with van der Waals surface area (Å²) in [6.07, 6.45) is 12.6. The van der Waals surface area contributed by atoms with E-state index < -0.39 is 5.41 Å². The highest BCUT2D eigenvalue weighted by Gasteiger charge is 2.66. The molecule has 1 N–H and O–H groups in total. The maximum absolute atomic E-state index is 13.6. The van der Waals surface area contributed by atoms with E-state index in [1.165, 1.54) is 32.1 Å². The van der Waals surface area contributed by atoms with Crippen molar-refractivity contribution < 1.29 is 19.1 Å². The molecule has 0 aromatic heterocycles. The summed E-state index contributed by atoms with van der Waals surface area (Å²) < 4.78 is 11.5. The normalized spacial score (nSPS) is 34.5. The lowest BCUT2D eigenvalue weighted by Gasteiger charge is -2.66. The van der Waals surface area contributed by atoms with E-state index in [0.717, 1.165) is 62.1 Å². The Kier molecular flexibility index (Phi) is 6.43. The van der Waals surface area contributed by atoms with Gasteiger partial charge in [-0.25, -0.2) is 0 Å². The van der Waals surface area contributed by atoms with Crippen molar-refractivity contribution in [1.29, 1.82) is 0 Å². The molecule has 0 spiro atoms. The second-order valence-electron chi connectivity index (χ2n) is 13.2. The van der Waals surface area contributed by atoms with Crippen molar-refractivity contribution in [2.24, 2.45) is 28.6 Å². The average Bonchev–Trinajstić information content (AvgIpc) is 3.36. The van der Waals surface area contributed by atoms with E-state index in [1.807, 2.05) is 12.1 Å². The van der Waals surface area contributed by atoms with Crippen molar-refractivity contribution in [3.05, 3.63) is 23.8 Å². The molecule has 1 aromatic rings. The fourth-order valence-corrected chi connectivity index (χ4v) is 8.89. The molecule has 4 saturated carbocycles. The zero-order chi connectivity index (χ0) is 25.8. The van der Waals surface area contributed by atoms with Crippen LogP contribution in [0.25, 0.3) is 0 Å². The molecular formula is C31H44N2O4. The molecule has 5 fully saturated rings. The molecule has 1 aromatic carbocycles. The zero-order valence-electron chi connectivity index (χ0n) is 22.9. The molecule has 0 radical (unpaired) electrons. The first-order chi connectivity index (χ1) is 17.9. The smallest absolute Gasteiger partial charge is 0.231 e. The summed E-state index contributed by atoms with van der Waals surface area (Å²) >= 11 is 0. The number of nitrogens with one attached hydrogen (secondary N) is 1. The van der Waals surface area contributed by atoms with Gasteiger partial charge in [0, 0.05) is 18.2 Å². The summed E-state index contributed by atoms with van der Waals surface area (Å²) in [5.74, 6) is 3.54. The molecule has 1 saturated heterocycles. The van der Waals surface area contributed by atoms with Crippen molar-refractivity contribution >= 4 is 11.8 Å². The summed E-state index contributed by atoms with van der Waals surface area (Å²) in [5.41, 5.74) is 0.376. The number of fused-ring (bicyclic) bond motifs is 1. The third-order valence-electron chi connectivity index (χ3n) is 10.3. The molecule has 37 heavy (non-hydrogen) atoms. The number of hydrogen-bond acceptors (Lipinski definition) is 4. The van der Waals surface area contributed by atoms with Crippen LogP contribution >= 0.6 is 0 Å². The molecule has 6 atom stereocenters. The number of carbonyl (C=O) groups is 2. The van der Waals surface area contributed by atoms with Crippen molar-refractivity contribution in [3.63, 3.8) is 0 Å². The molecule has 5 unspecified atom stereocenters. The van der Waals surface area contributed by atoms with E-state index in [-0.39, 0.29) is 36.1 Å². The van der Waals surface area contributed by atoms with Crippen LogP contribution in [-0.2, 0) is 9.59 Å². The highest BCUT2D eigenvalue weighted by Crippen LogP contribution is 2.65. The van der Waals surface area contributed by atoms with Crippen molar-refractivity contribution in [3.8, 4) is 11.5 Å². The number of benzene rings is 1. The molecule has 6 heteroatoms. The lowest BCUT2D eigenvalue weighted by molar-refractivity contribution is -0.199. The zero-order valence-corrected chi connectivity index (χ0v) is 22.9. The van der Waals surface area contributed by atoms with Gasteiger partial charge in [0.2, 0.25) is 18.6 Å². The molecule has 4 bridgehead atoms. The first-order valence-corrected chi connectivity index (χ1v) is 14.9. The number of likely N-dealkylation sites (tertiary alicyclic amines) is 1. The number of ether oxygens (including phenoxy) is 2. The maximum Gasteiger partial charge on any atom is 0.231 e. The minimum Gasteiger partial charge on any atom is -0.454 e. The SMILES string of the molecule is CCCCCCCCNC(=O)C12CC3CC(C1)C(N1C(=O)C(C)(C)C1c1cccc4c1OCO4)[C@@H](C3)C2. The molecule has 2 amide bonds. The summed E-state index contributed by atoms with van der Waals surface area (Å²) in [6.45, 7) is 7.42. The van der Waals surface area contributed by atoms with Crippen molar-refractivity contribution in [1.82, 2.24) is 10.2 Å². The summed E-state index contributed by atoms with van der Waals surface area (Å²) in [5, 5.41) is 3.34. The molecule has 6 nitrogen and oxygen atoms in total. The summed E-state index contributed by atoms with van der Waals surface area (Å²) in [7, 11) is 0. The Bertz CT molecular complexity index is 1040. The molecule has 2 heterocycles. The number of carbonyl (C=O) groups excluding carboxylic acids is 2. The predicted octanol–water partition coefficient (Wildman–Crippen LogP) is 6.00. The lowest BCUT2D eigenvalue weighted by atomic mass is 9.46. The van der Waals surface area contributed by atoms with Gasteiger partial charge in [-0.15, -0.1) is 0 Å². The van der Waals surface area contributed by atoms with Crippen LogP contribution in [0.15, 0.2) is 18.2 Å². The number of amides is 2. The third-order valence-corrected chi connectivity index (χ3v) is 10.3. The van der Waals surface area contributed by atoms with Gasteiger partial charge in [0.1, 0.15) is 0 Å². The molecule has 202 valence electrons. The van der Waals surface area contributed by atoms with Gasteiger partial charge in [-0.05, 0) is 76.2 Å². The van der Waals surface area contributed by atoms with Gasteiger partial charge >= 0.3 is 0 Å². The van der Waals surface area contributed by atoms with Crippen LogP contribution in [0.4, 0.5) is 0 Å². The van der Waals surface area contributed by atoms with Crippen molar-refractivity contribution in [2.75, 3.05) is 13.3 Å². The van der Waals surface area contributed by atoms with Gasteiger partial charge in [0.05, 0.1) is 16.9 Å². The number of β-lactam (4-membered cyclic amide) rings is 1. The Labute approximate surface area is 221 Å². The topological polar surface area (TPSA) is 67.9 Å². The Hall–Kier alpha value is -2.24. The number of para-hydroxylation sites is 1. The molecular weight excluding hydrogens is 464 g/mol. The van der Waals surface area contributed by atoms with E-state index in [4.69, 9.17) is 9.47 Å². The van der Waals surface area contributed by atoms with Gasteiger partial charge in [0.15, 0.2) is 11.5 Å². The Morgan fingerprint density at radius 2 is 1.76 bits per heavy atom. The Morgan fingerprint density at radius 1 is 1.03 bits per heavy atom. The van der Waals surface area contributed by atoms with Crippen molar-refractivity contribution in [2.45, 2.75) is 103 Å². The number of hydrogen-bond donors (Lipinski definition) is 1. The van der Waals surface area contributed by atoms with Crippen LogP contribution < -0.4 is 14.8 Å². The lowest BCUT2D eigenvalue weighted by Crippen LogP contribution is -2.71. The van der Waals surface area contributed by atoms with E-state index in [0.29, 0.717) is 17.8 Å². The van der Waals surface area contributed by atoms with Gasteiger partial charge < -0.3 is 19.7 Å². The Morgan fingerprint density at radius 3 is 2.51 bits per heavy atom. The second kappa shape index (κ2) is 9.50. The van der Waals surface area contributed by atoms with Crippen LogP contribution in [0.1, 0.15) is 103 Å². The van der Waals surface area contributed by atoms with Crippen LogP contribution in [0.3, 0.4) is 0 Å². The van der Waals surface area contributed by atoms with E-state index >= 15 is 0 Å². The van der Waals surface area contributed by atoms with Gasteiger partial charge in [0.25, 0.3) is 0 Å². The quantitative estimate of drug-likeness (QED) is 0.311. The van der Waals surface area contributed by atoms with E-state index in [1.54, 1.807) is 0 Å². The van der Waals surface area contributed by atoms with Crippen LogP contribution in [0.5, 0.6) is 11.5 Å².